The van der Waals surface area contributed by atoms with E-state index in [-0.39, 0.29) is 33.8 Å². The number of alkyl halides is 2. The lowest BCUT2D eigenvalue weighted by Gasteiger charge is -2.46. The van der Waals surface area contributed by atoms with Crippen LogP contribution in [-0.4, -0.2) is 29.1 Å². The van der Waals surface area contributed by atoms with E-state index in [1.807, 2.05) is 6.07 Å². The maximum Gasteiger partial charge on any atom is 0.123 e. The average molecular weight is 445 g/mol. The molecule has 164 valence electrons. The van der Waals surface area contributed by atoms with Crippen molar-refractivity contribution < 1.29 is 14.2 Å². The Morgan fingerprint density at radius 1 is 1.17 bits per heavy atom. The molecule has 0 spiro atoms. The molecule has 2 nitrogen and oxygen atoms in total. The zero-order valence-electron chi connectivity index (χ0n) is 17.7. The zero-order valence-corrected chi connectivity index (χ0v) is 19.2. The van der Waals surface area contributed by atoms with Crippen molar-refractivity contribution in [2.24, 2.45) is 11.3 Å². The number of ether oxygens (including phenoxy) is 1. The predicted molar refractivity (Wildman–Crippen MR) is 118 cm³/mol. The van der Waals surface area contributed by atoms with Gasteiger partial charge >= 0.3 is 0 Å². The maximum atomic E-state index is 14.6. The van der Waals surface area contributed by atoms with Crippen molar-refractivity contribution in [3.8, 4) is 0 Å². The van der Waals surface area contributed by atoms with Crippen molar-refractivity contribution in [3.05, 3.63) is 35.1 Å². The number of halogens is 3. The van der Waals surface area contributed by atoms with Crippen molar-refractivity contribution in [2.75, 3.05) is 13.2 Å². The summed E-state index contributed by atoms with van der Waals surface area (Å²) in [5.74, 6) is -0.322. The van der Waals surface area contributed by atoms with E-state index in [2.05, 4.69) is 13.8 Å². The Morgan fingerprint density at radius 2 is 1.93 bits per heavy atom. The monoisotopic (exact) mass is 444 g/mol. The van der Waals surface area contributed by atoms with Crippen LogP contribution in [0.1, 0.15) is 88.4 Å². The van der Waals surface area contributed by atoms with Gasteiger partial charge in [-0.2, -0.15) is 0 Å². The molecule has 0 amide bonds. The Kier molecular flexibility index (Phi) is 8.29. The van der Waals surface area contributed by atoms with E-state index in [0.29, 0.717) is 25.2 Å². The molecule has 0 bridgehead atoms. The van der Waals surface area contributed by atoms with E-state index in [1.165, 1.54) is 6.07 Å². The highest BCUT2D eigenvalue weighted by atomic mass is 35.5. The molecular weight excluding hydrogens is 410 g/mol. The summed E-state index contributed by atoms with van der Waals surface area (Å²) in [4.78, 5) is 0. The number of rotatable bonds is 10. The van der Waals surface area contributed by atoms with Gasteiger partial charge < -0.3 is 9.84 Å². The molecule has 1 aromatic carbocycles. The fourth-order valence-electron chi connectivity index (χ4n) is 5.29. The molecule has 1 N–H and O–H groups in total. The molecule has 0 aromatic heterocycles. The van der Waals surface area contributed by atoms with Crippen LogP contribution in [0.3, 0.4) is 0 Å². The third-order valence-corrected chi connectivity index (χ3v) is 7.99. The number of unbranched alkanes of at least 4 members (excludes halogenated alkanes) is 1. The molecule has 2 saturated carbocycles. The molecule has 5 unspecified atom stereocenters. The molecule has 1 aromatic rings. The van der Waals surface area contributed by atoms with Gasteiger partial charge in [-0.3, -0.25) is 0 Å². The Morgan fingerprint density at radius 3 is 2.55 bits per heavy atom. The van der Waals surface area contributed by atoms with E-state index in [9.17, 15) is 9.50 Å². The standard InChI is InChI=1S/C24H35Cl2FO2/c1-3-5-10-29-15-19-20(25)14-21(26)22(19)16-11-17(13-18(27)12-16)23(28)24(7-4-2)8-6-9-24/h11-13,19-23,28H,3-10,14-15H2,1-2H3. The molecule has 3 rings (SSSR count). The predicted octanol–water partition coefficient (Wildman–Crippen LogP) is 6.96. The van der Waals surface area contributed by atoms with Gasteiger partial charge in [-0.1, -0.05) is 39.2 Å². The molecule has 2 fully saturated rings. The molecule has 5 heteroatoms. The summed E-state index contributed by atoms with van der Waals surface area (Å²) < 4.78 is 20.5. The third-order valence-electron chi connectivity index (χ3n) is 7.04. The largest absolute Gasteiger partial charge is 0.388 e. The van der Waals surface area contributed by atoms with E-state index in [0.717, 1.165) is 50.5 Å². The first-order valence-corrected chi connectivity index (χ1v) is 12.1. The SMILES string of the molecule is CCCCOCC1C(Cl)CC(Cl)C1c1cc(F)cc(C(O)C2(CCC)CCC2)c1. The quantitative estimate of drug-likeness (QED) is 0.311. The molecule has 0 saturated heterocycles. The highest BCUT2D eigenvalue weighted by molar-refractivity contribution is 6.25. The van der Waals surface area contributed by atoms with Crippen LogP contribution in [0.2, 0.25) is 0 Å². The van der Waals surface area contributed by atoms with E-state index in [1.54, 1.807) is 6.07 Å². The van der Waals surface area contributed by atoms with Gasteiger partial charge in [0.15, 0.2) is 0 Å². The number of aliphatic hydroxyl groups is 1. The van der Waals surface area contributed by atoms with Crippen molar-refractivity contribution in [1.29, 1.82) is 0 Å². The lowest BCUT2D eigenvalue weighted by Crippen LogP contribution is -2.36. The Bertz CT molecular complexity index is 664. The first kappa shape index (κ1) is 23.3. The topological polar surface area (TPSA) is 29.5 Å². The van der Waals surface area contributed by atoms with Gasteiger partial charge in [-0.05, 0) is 55.4 Å². The first-order valence-electron chi connectivity index (χ1n) is 11.3. The summed E-state index contributed by atoms with van der Waals surface area (Å²) in [6, 6.07) is 5.03. The van der Waals surface area contributed by atoms with Gasteiger partial charge in [0.2, 0.25) is 0 Å². The average Bonchev–Trinajstić information content (AvgIpc) is 2.94. The summed E-state index contributed by atoms with van der Waals surface area (Å²) in [6.45, 7) is 5.53. The highest BCUT2D eigenvalue weighted by Crippen LogP contribution is 2.54. The van der Waals surface area contributed by atoms with Crippen LogP contribution in [0, 0.1) is 17.2 Å². The van der Waals surface area contributed by atoms with Gasteiger partial charge in [0.05, 0.1) is 12.7 Å². The number of hydrogen-bond donors (Lipinski definition) is 1. The number of hydrogen-bond acceptors (Lipinski definition) is 2. The first-order chi connectivity index (χ1) is 13.9. The van der Waals surface area contributed by atoms with Crippen LogP contribution in [0.4, 0.5) is 4.39 Å². The van der Waals surface area contributed by atoms with Gasteiger partial charge in [-0.15, -0.1) is 23.2 Å². The third kappa shape index (κ3) is 5.11. The van der Waals surface area contributed by atoms with Crippen molar-refractivity contribution in [2.45, 2.75) is 88.0 Å². The van der Waals surface area contributed by atoms with Gasteiger partial charge in [0.1, 0.15) is 5.82 Å². The van der Waals surface area contributed by atoms with Crippen molar-refractivity contribution in [1.82, 2.24) is 0 Å². The second-order valence-electron chi connectivity index (χ2n) is 9.07. The molecular formula is C24H35Cl2FO2. The molecule has 0 radical (unpaired) electrons. The second-order valence-corrected chi connectivity index (χ2v) is 10.2. The number of aliphatic hydroxyl groups excluding tert-OH is 1. The van der Waals surface area contributed by atoms with E-state index >= 15 is 0 Å². The van der Waals surface area contributed by atoms with Crippen LogP contribution >= 0.6 is 23.2 Å². The minimum Gasteiger partial charge on any atom is -0.388 e. The molecule has 2 aliphatic carbocycles. The van der Waals surface area contributed by atoms with Crippen LogP contribution in [-0.2, 0) is 4.74 Å². The Hall–Kier alpha value is -0.350. The lowest BCUT2D eigenvalue weighted by molar-refractivity contribution is -0.0442. The minimum atomic E-state index is -0.633. The van der Waals surface area contributed by atoms with Crippen LogP contribution < -0.4 is 0 Å². The van der Waals surface area contributed by atoms with E-state index < -0.39 is 6.10 Å². The summed E-state index contributed by atoms with van der Waals surface area (Å²) >= 11 is 13.3. The smallest absolute Gasteiger partial charge is 0.123 e. The molecule has 2 aliphatic rings. The normalized spacial score (nSPS) is 29.6. The van der Waals surface area contributed by atoms with Crippen LogP contribution in [0.5, 0.6) is 0 Å². The summed E-state index contributed by atoms with van der Waals surface area (Å²) in [6.07, 6.45) is 7.30. The molecule has 29 heavy (non-hydrogen) atoms. The minimum absolute atomic E-state index is 0.0520. The van der Waals surface area contributed by atoms with E-state index in [4.69, 9.17) is 27.9 Å². The van der Waals surface area contributed by atoms with Gasteiger partial charge in [0, 0.05) is 34.6 Å². The Balaban J connectivity index is 1.83. The summed E-state index contributed by atoms with van der Waals surface area (Å²) in [7, 11) is 0. The summed E-state index contributed by atoms with van der Waals surface area (Å²) in [5.41, 5.74) is 1.42. The Labute approximate surface area is 185 Å². The fraction of sp³-hybridized carbons (Fsp3) is 0.750. The fourth-order valence-corrected chi connectivity index (χ4v) is 6.33. The molecule has 5 atom stereocenters. The van der Waals surface area contributed by atoms with Crippen molar-refractivity contribution >= 4 is 23.2 Å². The lowest BCUT2D eigenvalue weighted by atomic mass is 9.61. The van der Waals surface area contributed by atoms with Crippen LogP contribution in [0.25, 0.3) is 0 Å². The molecule has 0 aliphatic heterocycles. The van der Waals surface area contributed by atoms with Gasteiger partial charge in [0.25, 0.3) is 0 Å². The van der Waals surface area contributed by atoms with Gasteiger partial charge in [-0.25, -0.2) is 4.39 Å². The molecule has 0 heterocycles. The van der Waals surface area contributed by atoms with Crippen molar-refractivity contribution in [3.63, 3.8) is 0 Å². The number of benzene rings is 1. The zero-order chi connectivity index (χ0) is 21.0. The highest BCUT2D eigenvalue weighted by Gasteiger charge is 2.45. The maximum absolute atomic E-state index is 14.6. The second kappa shape index (κ2) is 10.3. The van der Waals surface area contributed by atoms with Crippen LogP contribution in [0.15, 0.2) is 18.2 Å². The summed E-state index contributed by atoms with van der Waals surface area (Å²) in [5, 5.41) is 10.9.